The van der Waals surface area contributed by atoms with E-state index in [-0.39, 0.29) is 0 Å². The molecule has 3 nitrogen and oxygen atoms in total. The van der Waals surface area contributed by atoms with Crippen molar-refractivity contribution in [3.63, 3.8) is 0 Å². The summed E-state index contributed by atoms with van der Waals surface area (Å²) >= 11 is 0. The largest absolute Gasteiger partial charge is 0.496 e. The van der Waals surface area contributed by atoms with E-state index < -0.39 is 0 Å². The lowest BCUT2D eigenvalue weighted by atomic mass is 10.1. The second-order valence-electron chi connectivity index (χ2n) is 3.34. The Kier molecular flexibility index (Phi) is 2.46. The van der Waals surface area contributed by atoms with E-state index in [2.05, 4.69) is 4.98 Å². The third-order valence-corrected chi connectivity index (χ3v) is 2.40. The summed E-state index contributed by atoms with van der Waals surface area (Å²) in [5.74, 6) is 1.66. The van der Waals surface area contributed by atoms with E-state index in [9.17, 15) is 0 Å². The smallest absolute Gasteiger partial charge is 0.128 e. The zero-order valence-corrected chi connectivity index (χ0v) is 9.07. The van der Waals surface area contributed by atoms with Gasteiger partial charge in [0.15, 0.2) is 0 Å². The van der Waals surface area contributed by atoms with E-state index in [1.54, 1.807) is 14.2 Å². The minimum atomic E-state index is 0.818. The second kappa shape index (κ2) is 3.77. The van der Waals surface area contributed by atoms with Gasteiger partial charge in [-0.25, -0.2) is 0 Å². The van der Waals surface area contributed by atoms with Crippen molar-refractivity contribution in [2.24, 2.45) is 0 Å². The molecule has 0 saturated heterocycles. The summed E-state index contributed by atoms with van der Waals surface area (Å²) in [4.78, 5) is 4.26. The van der Waals surface area contributed by atoms with Crippen LogP contribution in [0.3, 0.4) is 0 Å². The molecule has 0 spiro atoms. The normalized spacial score (nSPS) is 10.3. The van der Waals surface area contributed by atoms with Crippen molar-refractivity contribution in [3.05, 3.63) is 30.1 Å². The molecule has 1 heterocycles. The molecule has 0 N–H and O–H groups in total. The molecule has 0 atom stereocenters. The zero-order valence-electron chi connectivity index (χ0n) is 9.07. The molecule has 0 fully saturated rings. The summed E-state index contributed by atoms with van der Waals surface area (Å²) in [6.07, 6.45) is 1.81. The maximum atomic E-state index is 5.30. The Morgan fingerprint density at radius 3 is 2.20 bits per heavy atom. The first-order valence-electron chi connectivity index (χ1n) is 4.73. The first-order valence-corrected chi connectivity index (χ1v) is 4.73. The topological polar surface area (TPSA) is 31.4 Å². The fourth-order valence-electron chi connectivity index (χ4n) is 1.65. The predicted octanol–water partition coefficient (Wildman–Crippen LogP) is 2.56. The Labute approximate surface area is 88.7 Å². The third-order valence-electron chi connectivity index (χ3n) is 2.40. The number of aromatic nitrogens is 1. The SMILES string of the molecule is COc1ccc(OC)c2cc(C)ncc12. The van der Waals surface area contributed by atoms with E-state index in [0.29, 0.717) is 0 Å². The molecule has 0 aliphatic rings. The van der Waals surface area contributed by atoms with Gasteiger partial charge in [-0.2, -0.15) is 0 Å². The van der Waals surface area contributed by atoms with E-state index in [4.69, 9.17) is 9.47 Å². The van der Waals surface area contributed by atoms with Crippen molar-refractivity contribution >= 4 is 10.8 Å². The maximum absolute atomic E-state index is 5.30. The summed E-state index contributed by atoms with van der Waals surface area (Å²) in [5.41, 5.74) is 0.967. The quantitative estimate of drug-likeness (QED) is 0.751. The van der Waals surface area contributed by atoms with Gasteiger partial charge in [-0.3, -0.25) is 4.98 Å². The number of benzene rings is 1. The van der Waals surface area contributed by atoms with Crippen LogP contribution in [0.4, 0.5) is 0 Å². The van der Waals surface area contributed by atoms with Crippen molar-refractivity contribution in [1.29, 1.82) is 0 Å². The number of nitrogens with zero attached hydrogens (tertiary/aromatic N) is 1. The summed E-state index contributed by atoms with van der Waals surface area (Å²) < 4.78 is 10.6. The van der Waals surface area contributed by atoms with Crippen LogP contribution in [0.2, 0.25) is 0 Å². The summed E-state index contributed by atoms with van der Waals surface area (Å²) in [6, 6.07) is 5.79. The Morgan fingerprint density at radius 1 is 1.00 bits per heavy atom. The van der Waals surface area contributed by atoms with E-state index >= 15 is 0 Å². The highest BCUT2D eigenvalue weighted by Gasteiger charge is 2.07. The number of hydrogen-bond donors (Lipinski definition) is 0. The number of hydrogen-bond acceptors (Lipinski definition) is 3. The highest BCUT2D eigenvalue weighted by atomic mass is 16.5. The molecule has 0 amide bonds. The van der Waals surface area contributed by atoms with Crippen LogP contribution < -0.4 is 9.47 Å². The molecule has 2 rings (SSSR count). The van der Waals surface area contributed by atoms with Crippen molar-refractivity contribution in [3.8, 4) is 11.5 Å². The van der Waals surface area contributed by atoms with Gasteiger partial charge in [-0.05, 0) is 25.1 Å². The van der Waals surface area contributed by atoms with Crippen molar-refractivity contribution in [2.75, 3.05) is 14.2 Å². The van der Waals surface area contributed by atoms with Crippen molar-refractivity contribution < 1.29 is 9.47 Å². The number of aryl methyl sites for hydroxylation is 1. The van der Waals surface area contributed by atoms with Gasteiger partial charge in [0.25, 0.3) is 0 Å². The Bertz CT molecular complexity index is 494. The van der Waals surface area contributed by atoms with Crippen LogP contribution in [0.5, 0.6) is 11.5 Å². The lowest BCUT2D eigenvalue weighted by Crippen LogP contribution is -1.91. The van der Waals surface area contributed by atoms with Gasteiger partial charge in [0.05, 0.1) is 14.2 Å². The Morgan fingerprint density at radius 2 is 1.60 bits per heavy atom. The number of rotatable bonds is 2. The van der Waals surface area contributed by atoms with Gasteiger partial charge in [-0.1, -0.05) is 0 Å². The number of ether oxygens (including phenoxy) is 2. The minimum absolute atomic E-state index is 0.818. The molecule has 3 heteroatoms. The number of methoxy groups -OCH3 is 2. The Hall–Kier alpha value is -1.77. The van der Waals surface area contributed by atoms with Crippen LogP contribution in [-0.2, 0) is 0 Å². The fraction of sp³-hybridized carbons (Fsp3) is 0.250. The van der Waals surface area contributed by atoms with E-state index in [0.717, 1.165) is 28.0 Å². The van der Waals surface area contributed by atoms with E-state index in [1.165, 1.54) is 0 Å². The maximum Gasteiger partial charge on any atom is 0.128 e. The molecular weight excluding hydrogens is 190 g/mol. The molecule has 0 aliphatic carbocycles. The molecule has 1 aromatic heterocycles. The number of pyridine rings is 1. The first kappa shape index (κ1) is 9.77. The van der Waals surface area contributed by atoms with Crippen LogP contribution in [0.25, 0.3) is 10.8 Å². The molecule has 15 heavy (non-hydrogen) atoms. The molecule has 0 bridgehead atoms. The molecule has 0 radical (unpaired) electrons. The number of fused-ring (bicyclic) bond motifs is 1. The highest BCUT2D eigenvalue weighted by molar-refractivity contribution is 5.92. The van der Waals surface area contributed by atoms with Crippen LogP contribution in [0.1, 0.15) is 5.69 Å². The summed E-state index contributed by atoms with van der Waals surface area (Å²) in [7, 11) is 3.32. The minimum Gasteiger partial charge on any atom is -0.496 e. The van der Waals surface area contributed by atoms with Crippen LogP contribution in [0.15, 0.2) is 24.4 Å². The molecule has 0 unspecified atom stereocenters. The standard InChI is InChI=1S/C12H13NO2/c1-8-6-9-10(7-13-8)12(15-3)5-4-11(9)14-2/h4-7H,1-3H3. The molecule has 0 aliphatic heterocycles. The van der Waals surface area contributed by atoms with Crippen LogP contribution in [0, 0.1) is 6.92 Å². The van der Waals surface area contributed by atoms with Gasteiger partial charge >= 0.3 is 0 Å². The first-order chi connectivity index (χ1) is 7.26. The lowest BCUT2D eigenvalue weighted by molar-refractivity contribution is 0.410. The van der Waals surface area contributed by atoms with Crippen molar-refractivity contribution in [2.45, 2.75) is 6.92 Å². The molecule has 2 aromatic rings. The monoisotopic (exact) mass is 203 g/mol. The van der Waals surface area contributed by atoms with Gasteiger partial charge < -0.3 is 9.47 Å². The van der Waals surface area contributed by atoms with Crippen LogP contribution >= 0.6 is 0 Å². The van der Waals surface area contributed by atoms with Gasteiger partial charge in [0.2, 0.25) is 0 Å². The summed E-state index contributed by atoms with van der Waals surface area (Å²) in [6.45, 7) is 1.96. The van der Waals surface area contributed by atoms with Gasteiger partial charge in [-0.15, -0.1) is 0 Å². The fourth-order valence-corrected chi connectivity index (χ4v) is 1.65. The zero-order chi connectivity index (χ0) is 10.8. The lowest BCUT2D eigenvalue weighted by Gasteiger charge is -2.09. The van der Waals surface area contributed by atoms with E-state index in [1.807, 2.05) is 31.3 Å². The van der Waals surface area contributed by atoms with Gasteiger partial charge in [0, 0.05) is 22.7 Å². The average Bonchev–Trinajstić information content (AvgIpc) is 2.27. The van der Waals surface area contributed by atoms with Gasteiger partial charge in [0.1, 0.15) is 11.5 Å². The van der Waals surface area contributed by atoms with Crippen molar-refractivity contribution in [1.82, 2.24) is 4.98 Å². The van der Waals surface area contributed by atoms with Crippen LogP contribution in [-0.4, -0.2) is 19.2 Å². The second-order valence-corrected chi connectivity index (χ2v) is 3.34. The molecule has 78 valence electrons. The Balaban J connectivity index is 2.80. The summed E-state index contributed by atoms with van der Waals surface area (Å²) in [5, 5.41) is 2.01. The molecule has 0 saturated carbocycles. The molecular formula is C12H13NO2. The third kappa shape index (κ3) is 1.61. The highest BCUT2D eigenvalue weighted by Crippen LogP contribution is 2.32. The average molecular weight is 203 g/mol. The molecule has 1 aromatic carbocycles. The predicted molar refractivity (Wildman–Crippen MR) is 59.6 cm³/mol.